The zero-order valence-electron chi connectivity index (χ0n) is 19.3. The number of amides is 2. The minimum Gasteiger partial charge on any atom is -0.490 e. The number of methoxy groups -OCH3 is 1. The van der Waals surface area contributed by atoms with Gasteiger partial charge < -0.3 is 20.1 Å². The molecule has 0 saturated carbocycles. The predicted octanol–water partition coefficient (Wildman–Crippen LogP) is 3.34. The average Bonchev–Trinajstić information content (AvgIpc) is 3.24. The second-order valence-electron chi connectivity index (χ2n) is 7.78. The molecule has 1 aromatic heterocycles. The molecule has 11 heteroatoms. The third-order valence-electron chi connectivity index (χ3n) is 5.39. The topological polar surface area (TPSA) is 101 Å². The molecule has 1 aliphatic rings. The van der Waals surface area contributed by atoms with Gasteiger partial charge in [0.2, 0.25) is 0 Å². The van der Waals surface area contributed by atoms with Crippen LogP contribution in [0.5, 0.6) is 11.8 Å². The summed E-state index contributed by atoms with van der Waals surface area (Å²) < 4.78 is 37.7. The van der Waals surface area contributed by atoms with Crippen molar-refractivity contribution in [3.8, 4) is 23.0 Å². The minimum absolute atomic E-state index is 0.183. The molecule has 35 heavy (non-hydrogen) atoms. The number of benzene rings is 2. The number of hydrazine groups is 1. The maximum Gasteiger partial charge on any atom is 0.330 e. The lowest BCUT2D eigenvalue weighted by Crippen LogP contribution is -2.43. The summed E-state index contributed by atoms with van der Waals surface area (Å²) in [7, 11) is 1.48. The Labute approximate surface area is 201 Å². The van der Waals surface area contributed by atoms with Crippen molar-refractivity contribution in [1.82, 2.24) is 25.7 Å². The second kappa shape index (κ2) is 11.0. The number of halogens is 2. The summed E-state index contributed by atoms with van der Waals surface area (Å²) in [6.07, 6.45) is 0.199. The molecule has 3 aromatic rings. The lowest BCUT2D eigenvalue weighted by Gasteiger charge is -2.20. The summed E-state index contributed by atoms with van der Waals surface area (Å²) in [5.41, 5.74) is 4.77. The van der Waals surface area contributed by atoms with E-state index in [0.29, 0.717) is 42.3 Å². The molecule has 2 amide bonds. The van der Waals surface area contributed by atoms with E-state index in [-0.39, 0.29) is 24.8 Å². The Hall–Kier alpha value is -3.99. The molecule has 2 heterocycles. The van der Waals surface area contributed by atoms with Crippen LogP contribution in [0, 0.1) is 11.6 Å². The van der Waals surface area contributed by atoms with Crippen LogP contribution in [-0.2, 0) is 6.42 Å². The van der Waals surface area contributed by atoms with Crippen LogP contribution >= 0.6 is 0 Å². The van der Waals surface area contributed by atoms with Gasteiger partial charge in [-0.2, -0.15) is 15.0 Å². The van der Waals surface area contributed by atoms with Crippen molar-refractivity contribution in [3.63, 3.8) is 0 Å². The molecule has 9 nitrogen and oxygen atoms in total. The quantitative estimate of drug-likeness (QED) is 0.406. The fourth-order valence-electron chi connectivity index (χ4n) is 3.61. The van der Waals surface area contributed by atoms with Gasteiger partial charge in [0, 0.05) is 24.7 Å². The maximum absolute atomic E-state index is 13.4. The molecule has 0 radical (unpaired) electrons. The average molecular weight is 485 g/mol. The highest BCUT2D eigenvalue weighted by molar-refractivity contribution is 5.75. The number of hydrogen-bond acceptors (Lipinski definition) is 7. The van der Waals surface area contributed by atoms with Crippen molar-refractivity contribution >= 4 is 11.8 Å². The Morgan fingerprint density at radius 3 is 2.74 bits per heavy atom. The highest BCUT2D eigenvalue weighted by atomic mass is 19.2. The Bertz CT molecular complexity index is 1200. The molecule has 4 rings (SSSR count). The molecular formula is C24H26F2N6O3. The molecule has 3 N–H and O–H groups in total. The molecule has 1 fully saturated rings. The van der Waals surface area contributed by atoms with Crippen LogP contribution in [-0.4, -0.2) is 54.0 Å². The summed E-state index contributed by atoms with van der Waals surface area (Å²) in [4.78, 5) is 20.3. The first-order valence-corrected chi connectivity index (χ1v) is 11.1. The van der Waals surface area contributed by atoms with E-state index in [9.17, 15) is 13.6 Å². The standard InChI is InChI=1S/C24H26F2N6O3/c1-3-32-22(30-23(33)31-32)14-35-17-6-4-5-16(12-17)20-13-21(29-24(28-20)34-2)27-10-9-15-7-8-18(25)19(26)11-15/h4-8,11-13,22H,3,9-10,14H2,1-2H3,(H,27,28,29)(H2,30,31,33). The van der Waals surface area contributed by atoms with Gasteiger partial charge in [0.05, 0.1) is 12.8 Å². The smallest absolute Gasteiger partial charge is 0.330 e. The Kier molecular flexibility index (Phi) is 7.56. The van der Waals surface area contributed by atoms with Gasteiger partial charge in [0.1, 0.15) is 24.3 Å². The van der Waals surface area contributed by atoms with Gasteiger partial charge in [-0.05, 0) is 36.2 Å². The van der Waals surface area contributed by atoms with E-state index in [4.69, 9.17) is 9.47 Å². The summed E-state index contributed by atoms with van der Waals surface area (Å²) in [6, 6.07) is 12.9. The fraction of sp³-hybridized carbons (Fsp3) is 0.292. The van der Waals surface area contributed by atoms with Gasteiger partial charge in [0.25, 0.3) is 0 Å². The number of nitrogens with zero attached hydrogens (tertiary/aromatic N) is 3. The number of carbonyl (C=O) groups excluding carboxylic acids is 1. The summed E-state index contributed by atoms with van der Waals surface area (Å²) in [6.45, 7) is 3.29. The molecule has 1 saturated heterocycles. The SMILES string of the molecule is CCN1NC(=O)NC1COc1cccc(-c2cc(NCCc3ccc(F)c(F)c3)nc(OC)n2)c1. The van der Waals surface area contributed by atoms with Gasteiger partial charge in [-0.1, -0.05) is 25.1 Å². The molecular weight excluding hydrogens is 458 g/mol. The number of urea groups is 1. The van der Waals surface area contributed by atoms with Crippen molar-refractivity contribution in [2.24, 2.45) is 0 Å². The molecule has 0 aliphatic carbocycles. The first kappa shape index (κ1) is 24.1. The Morgan fingerprint density at radius 2 is 1.97 bits per heavy atom. The predicted molar refractivity (Wildman–Crippen MR) is 126 cm³/mol. The lowest BCUT2D eigenvalue weighted by atomic mass is 10.1. The van der Waals surface area contributed by atoms with Crippen LogP contribution in [0.4, 0.5) is 19.4 Å². The van der Waals surface area contributed by atoms with Gasteiger partial charge in [-0.25, -0.2) is 13.6 Å². The number of anilines is 1. The van der Waals surface area contributed by atoms with Crippen molar-refractivity contribution in [2.45, 2.75) is 19.5 Å². The Morgan fingerprint density at radius 1 is 1.11 bits per heavy atom. The van der Waals surface area contributed by atoms with Crippen LogP contribution in [0.1, 0.15) is 12.5 Å². The first-order valence-electron chi connectivity index (χ1n) is 11.1. The summed E-state index contributed by atoms with van der Waals surface area (Å²) >= 11 is 0. The number of rotatable bonds is 10. The van der Waals surface area contributed by atoms with Crippen LogP contribution in [0.3, 0.4) is 0 Å². The number of nitrogens with one attached hydrogen (secondary N) is 3. The highest BCUT2D eigenvalue weighted by Gasteiger charge is 2.28. The lowest BCUT2D eigenvalue weighted by molar-refractivity contribution is 0.133. The molecule has 1 aliphatic heterocycles. The third kappa shape index (κ3) is 6.12. The van der Waals surface area contributed by atoms with E-state index in [0.717, 1.165) is 11.6 Å². The van der Waals surface area contributed by atoms with Crippen molar-refractivity contribution in [3.05, 3.63) is 65.7 Å². The molecule has 2 aromatic carbocycles. The number of ether oxygens (including phenoxy) is 2. The van der Waals surface area contributed by atoms with Crippen LogP contribution < -0.4 is 25.5 Å². The normalized spacial score (nSPS) is 15.4. The molecule has 0 bridgehead atoms. The fourth-order valence-corrected chi connectivity index (χ4v) is 3.61. The zero-order chi connectivity index (χ0) is 24.8. The maximum atomic E-state index is 13.4. The van der Waals surface area contributed by atoms with Gasteiger partial charge in [0.15, 0.2) is 11.6 Å². The van der Waals surface area contributed by atoms with E-state index < -0.39 is 11.6 Å². The minimum atomic E-state index is -0.871. The number of carbonyl (C=O) groups is 1. The summed E-state index contributed by atoms with van der Waals surface area (Å²) in [5.74, 6) is -0.598. The van der Waals surface area contributed by atoms with E-state index in [2.05, 4.69) is 26.0 Å². The van der Waals surface area contributed by atoms with Crippen LogP contribution in [0.25, 0.3) is 11.3 Å². The molecule has 1 atom stereocenters. The second-order valence-corrected chi connectivity index (χ2v) is 7.78. The largest absolute Gasteiger partial charge is 0.490 e. The molecule has 184 valence electrons. The van der Waals surface area contributed by atoms with Crippen molar-refractivity contribution < 1.29 is 23.0 Å². The zero-order valence-corrected chi connectivity index (χ0v) is 19.3. The van der Waals surface area contributed by atoms with Gasteiger partial charge >= 0.3 is 12.0 Å². The molecule has 0 spiro atoms. The third-order valence-corrected chi connectivity index (χ3v) is 5.39. The van der Waals surface area contributed by atoms with Crippen molar-refractivity contribution in [1.29, 1.82) is 0 Å². The van der Waals surface area contributed by atoms with Gasteiger partial charge in [-0.15, -0.1) is 0 Å². The van der Waals surface area contributed by atoms with Crippen molar-refractivity contribution in [2.75, 3.05) is 32.1 Å². The highest BCUT2D eigenvalue weighted by Crippen LogP contribution is 2.26. The monoisotopic (exact) mass is 484 g/mol. The van der Waals surface area contributed by atoms with Gasteiger partial charge in [-0.3, -0.25) is 5.43 Å². The number of hydrogen-bond donors (Lipinski definition) is 3. The van der Waals surface area contributed by atoms with E-state index in [1.807, 2.05) is 31.2 Å². The van der Waals surface area contributed by atoms with E-state index in [1.54, 1.807) is 17.1 Å². The van der Waals surface area contributed by atoms with E-state index in [1.165, 1.54) is 13.2 Å². The van der Waals surface area contributed by atoms with Crippen LogP contribution in [0.2, 0.25) is 0 Å². The Balaban J connectivity index is 1.43. The number of likely N-dealkylation sites (N-methyl/N-ethyl adjacent to an activating group) is 1. The summed E-state index contributed by atoms with van der Waals surface area (Å²) in [5, 5.41) is 7.73. The molecule has 1 unspecified atom stereocenters. The van der Waals surface area contributed by atoms with Crippen LogP contribution in [0.15, 0.2) is 48.5 Å². The number of aromatic nitrogens is 2. The van der Waals surface area contributed by atoms with E-state index >= 15 is 0 Å². The first-order chi connectivity index (χ1) is 16.9.